The predicted octanol–water partition coefficient (Wildman–Crippen LogP) is 5.70. The Bertz CT molecular complexity index is 743. The van der Waals surface area contributed by atoms with Crippen LogP contribution in [0.25, 0.3) is 0 Å². The van der Waals surface area contributed by atoms with Crippen LogP contribution in [0.5, 0.6) is 0 Å². The molecule has 27 heavy (non-hydrogen) atoms. The molecule has 3 rings (SSSR count). The average Bonchev–Trinajstić information content (AvgIpc) is 3.26. The maximum absolute atomic E-state index is 6.33. The molecular weight excluding hydrogens is 376 g/mol. The Balaban J connectivity index is 1.74. The highest BCUT2D eigenvalue weighted by atomic mass is 35.5. The van der Waals surface area contributed by atoms with E-state index in [1.54, 1.807) is 11.3 Å². The first-order valence-electron chi connectivity index (χ1n) is 9.83. The van der Waals surface area contributed by atoms with Crippen LogP contribution in [0.3, 0.4) is 0 Å². The molecule has 3 nitrogen and oxygen atoms in total. The van der Waals surface area contributed by atoms with Crippen LogP contribution in [0.15, 0.2) is 29.1 Å². The summed E-state index contributed by atoms with van der Waals surface area (Å²) in [4.78, 5) is 7.12. The normalized spacial score (nSPS) is 21.1. The molecular formula is C22H31ClN2OS. The third-order valence-electron chi connectivity index (χ3n) is 6.07. The number of aryl methyl sites for hydroxylation is 2. The fourth-order valence-electron chi connectivity index (χ4n) is 4.02. The first kappa shape index (κ1) is 20.8. The van der Waals surface area contributed by atoms with E-state index in [2.05, 4.69) is 48.2 Å². The molecule has 2 aromatic heterocycles. The lowest BCUT2D eigenvalue weighted by Gasteiger charge is -2.38. The Hall–Kier alpha value is -0.940. The number of halogens is 1. The molecule has 0 aromatic carbocycles. The number of ether oxygens (including phenoxy) is 1. The molecule has 0 unspecified atom stereocenters. The summed E-state index contributed by atoms with van der Waals surface area (Å²) in [6, 6.07) is 4.33. The van der Waals surface area contributed by atoms with Crippen molar-refractivity contribution in [2.24, 2.45) is 5.41 Å². The van der Waals surface area contributed by atoms with E-state index in [9.17, 15) is 0 Å². The quantitative estimate of drug-likeness (QED) is 0.562. The summed E-state index contributed by atoms with van der Waals surface area (Å²) in [5.41, 5.74) is 3.78. The fraction of sp³-hybridized carbons (Fsp3) is 0.591. The van der Waals surface area contributed by atoms with Crippen molar-refractivity contribution in [2.75, 3.05) is 26.3 Å². The van der Waals surface area contributed by atoms with Gasteiger partial charge in [-0.3, -0.25) is 9.88 Å². The van der Waals surface area contributed by atoms with Crippen molar-refractivity contribution >= 4 is 22.9 Å². The van der Waals surface area contributed by atoms with Gasteiger partial charge < -0.3 is 4.74 Å². The minimum Gasteiger partial charge on any atom is -0.381 e. The lowest BCUT2D eigenvalue weighted by Crippen LogP contribution is -2.42. The molecule has 2 aromatic rings. The average molecular weight is 407 g/mol. The van der Waals surface area contributed by atoms with Gasteiger partial charge in [0.1, 0.15) is 0 Å². The highest BCUT2D eigenvalue weighted by Crippen LogP contribution is 2.42. The Kier molecular flexibility index (Phi) is 6.62. The van der Waals surface area contributed by atoms with E-state index >= 15 is 0 Å². The molecule has 1 atom stereocenters. The van der Waals surface area contributed by atoms with Gasteiger partial charge >= 0.3 is 0 Å². The molecule has 0 spiro atoms. The van der Waals surface area contributed by atoms with Crippen LogP contribution in [-0.2, 0) is 16.7 Å². The SMILES string of the molecule is CCOC[C@]1(CCc2cscc2Cl)CCN(C(C)(C)c2ccc(C)nc2)C1. The Labute approximate surface area is 172 Å². The van der Waals surface area contributed by atoms with Crippen molar-refractivity contribution in [1.82, 2.24) is 9.88 Å². The maximum atomic E-state index is 6.33. The van der Waals surface area contributed by atoms with E-state index in [1.165, 1.54) is 11.1 Å². The van der Waals surface area contributed by atoms with Crippen LogP contribution in [0.2, 0.25) is 5.02 Å². The van der Waals surface area contributed by atoms with Crippen LogP contribution in [0, 0.1) is 12.3 Å². The van der Waals surface area contributed by atoms with Crippen molar-refractivity contribution in [3.8, 4) is 0 Å². The second-order valence-corrected chi connectivity index (χ2v) is 9.45. The summed E-state index contributed by atoms with van der Waals surface area (Å²) in [6.45, 7) is 12.5. The number of thiophene rings is 1. The zero-order valence-corrected chi connectivity index (χ0v) is 18.5. The van der Waals surface area contributed by atoms with Gasteiger partial charge in [0.15, 0.2) is 0 Å². The van der Waals surface area contributed by atoms with Gasteiger partial charge in [0.05, 0.1) is 11.6 Å². The van der Waals surface area contributed by atoms with Crippen molar-refractivity contribution < 1.29 is 4.74 Å². The molecule has 0 saturated carbocycles. The van der Waals surface area contributed by atoms with Gasteiger partial charge in [-0.25, -0.2) is 0 Å². The summed E-state index contributed by atoms with van der Waals surface area (Å²) in [7, 11) is 0. The van der Waals surface area contributed by atoms with Crippen LogP contribution < -0.4 is 0 Å². The van der Waals surface area contributed by atoms with Gasteiger partial charge in [-0.1, -0.05) is 17.7 Å². The highest BCUT2D eigenvalue weighted by Gasteiger charge is 2.43. The summed E-state index contributed by atoms with van der Waals surface area (Å²) >= 11 is 8.02. The number of nitrogens with zero attached hydrogens (tertiary/aromatic N) is 2. The number of pyridine rings is 1. The van der Waals surface area contributed by atoms with E-state index in [0.29, 0.717) is 0 Å². The molecule has 1 aliphatic heterocycles. The van der Waals surface area contributed by atoms with Crippen LogP contribution in [0.4, 0.5) is 0 Å². The molecule has 0 amide bonds. The molecule has 0 N–H and O–H groups in total. The van der Waals surface area contributed by atoms with Gasteiger partial charge in [-0.05, 0) is 76.1 Å². The van der Waals surface area contributed by atoms with Gasteiger partial charge in [0, 0.05) is 41.4 Å². The molecule has 0 aliphatic carbocycles. The van der Waals surface area contributed by atoms with Crippen molar-refractivity contribution in [3.05, 3.63) is 50.9 Å². The minimum absolute atomic E-state index is 0.0330. The Morgan fingerprint density at radius 2 is 2.15 bits per heavy atom. The van der Waals surface area contributed by atoms with Crippen LogP contribution in [0.1, 0.15) is 50.4 Å². The van der Waals surface area contributed by atoms with Crippen LogP contribution >= 0.6 is 22.9 Å². The fourth-order valence-corrected chi connectivity index (χ4v) is 5.14. The third-order valence-corrected chi connectivity index (χ3v) is 7.35. The molecule has 0 radical (unpaired) electrons. The number of rotatable bonds is 8. The molecule has 1 fully saturated rings. The number of likely N-dealkylation sites (tertiary alicyclic amines) is 1. The van der Waals surface area contributed by atoms with Gasteiger partial charge in [-0.15, -0.1) is 0 Å². The largest absolute Gasteiger partial charge is 0.381 e. The summed E-state index contributed by atoms with van der Waals surface area (Å²) < 4.78 is 5.93. The number of hydrogen-bond donors (Lipinski definition) is 0. The van der Waals surface area contributed by atoms with Gasteiger partial charge in [0.25, 0.3) is 0 Å². The summed E-state index contributed by atoms with van der Waals surface area (Å²) in [5, 5.41) is 5.12. The first-order valence-corrected chi connectivity index (χ1v) is 11.1. The van der Waals surface area contributed by atoms with E-state index < -0.39 is 0 Å². The van der Waals surface area contributed by atoms with Gasteiger partial charge in [-0.2, -0.15) is 11.3 Å². The lowest BCUT2D eigenvalue weighted by molar-refractivity contribution is 0.0385. The standard InChI is InChI=1S/C22H31ClN2OS/c1-5-26-16-22(9-8-18-13-27-14-20(18)23)10-11-25(15-22)21(3,4)19-7-6-17(2)24-12-19/h6-7,12-14H,5,8-11,15-16H2,1-4H3/t22-/m1/s1. The van der Waals surface area contributed by atoms with Crippen molar-refractivity contribution in [3.63, 3.8) is 0 Å². The van der Waals surface area contributed by atoms with E-state index in [4.69, 9.17) is 16.3 Å². The smallest absolute Gasteiger partial charge is 0.0544 e. The zero-order chi connectivity index (χ0) is 19.5. The van der Waals surface area contributed by atoms with E-state index in [1.807, 2.05) is 18.5 Å². The molecule has 148 valence electrons. The second kappa shape index (κ2) is 8.60. The van der Waals surface area contributed by atoms with Crippen LogP contribution in [-0.4, -0.2) is 36.2 Å². The molecule has 5 heteroatoms. The highest BCUT2D eigenvalue weighted by molar-refractivity contribution is 7.08. The first-order chi connectivity index (χ1) is 12.9. The number of aromatic nitrogens is 1. The Morgan fingerprint density at radius 3 is 2.78 bits per heavy atom. The molecule has 1 aliphatic rings. The van der Waals surface area contributed by atoms with E-state index in [-0.39, 0.29) is 11.0 Å². The maximum Gasteiger partial charge on any atom is 0.0544 e. The zero-order valence-electron chi connectivity index (χ0n) is 16.9. The second-order valence-electron chi connectivity index (χ2n) is 8.30. The molecule has 3 heterocycles. The van der Waals surface area contributed by atoms with Crippen molar-refractivity contribution in [1.29, 1.82) is 0 Å². The topological polar surface area (TPSA) is 25.4 Å². The summed E-state index contributed by atoms with van der Waals surface area (Å²) in [5.74, 6) is 0. The monoisotopic (exact) mass is 406 g/mol. The lowest BCUT2D eigenvalue weighted by atomic mass is 9.82. The number of hydrogen-bond acceptors (Lipinski definition) is 4. The van der Waals surface area contributed by atoms with Crippen molar-refractivity contribution in [2.45, 2.75) is 52.5 Å². The minimum atomic E-state index is -0.0330. The third kappa shape index (κ3) is 4.73. The molecule has 0 bridgehead atoms. The van der Waals surface area contributed by atoms with Gasteiger partial charge in [0.2, 0.25) is 0 Å². The van der Waals surface area contributed by atoms with E-state index in [0.717, 1.165) is 56.3 Å². The predicted molar refractivity (Wildman–Crippen MR) is 115 cm³/mol. The summed E-state index contributed by atoms with van der Waals surface area (Å²) in [6.07, 6.45) is 5.33. The Morgan fingerprint density at radius 1 is 1.33 bits per heavy atom. The molecule has 1 saturated heterocycles.